The van der Waals surface area contributed by atoms with Crippen LogP contribution in [-0.4, -0.2) is 33.6 Å². The number of nitrogens with one attached hydrogen (secondary N) is 1. The van der Waals surface area contributed by atoms with E-state index in [-0.39, 0.29) is 23.6 Å². The molecular formula is C17H19N3O4. The number of hydrogen-bond acceptors (Lipinski definition) is 5. The lowest BCUT2D eigenvalue weighted by atomic mass is 9.87. The minimum atomic E-state index is -0.477. The Balaban J connectivity index is 1.80. The van der Waals surface area contributed by atoms with Gasteiger partial charge in [-0.05, 0) is 43.4 Å². The van der Waals surface area contributed by atoms with Crippen molar-refractivity contribution in [2.75, 3.05) is 6.54 Å². The number of aliphatic hydroxyl groups is 1. The summed E-state index contributed by atoms with van der Waals surface area (Å²) in [4.78, 5) is 27.3. The maximum absolute atomic E-state index is 12.5. The monoisotopic (exact) mass is 329 g/mol. The van der Waals surface area contributed by atoms with Gasteiger partial charge in [-0.2, -0.15) is 0 Å². The van der Waals surface area contributed by atoms with Crippen LogP contribution < -0.4 is 5.32 Å². The number of aromatic nitrogens is 1. The number of fused-ring (bicyclic) bond motifs is 1. The lowest BCUT2D eigenvalue weighted by Gasteiger charge is -2.25. The normalized spacial score (nSPS) is 20.7. The van der Waals surface area contributed by atoms with Gasteiger partial charge in [0, 0.05) is 18.8 Å². The van der Waals surface area contributed by atoms with Crippen molar-refractivity contribution in [3.05, 3.63) is 46.1 Å². The lowest BCUT2D eigenvalue weighted by Crippen LogP contribution is -2.33. The van der Waals surface area contributed by atoms with Gasteiger partial charge in [-0.15, -0.1) is 0 Å². The molecule has 1 heterocycles. The van der Waals surface area contributed by atoms with Crippen molar-refractivity contribution < 1.29 is 14.8 Å². The number of amides is 1. The molecule has 1 aliphatic rings. The number of nitro benzene ring substituents is 1. The van der Waals surface area contributed by atoms with Crippen LogP contribution in [0.2, 0.25) is 0 Å². The van der Waals surface area contributed by atoms with Gasteiger partial charge < -0.3 is 10.4 Å². The van der Waals surface area contributed by atoms with Crippen LogP contribution in [-0.2, 0) is 0 Å². The highest BCUT2D eigenvalue weighted by atomic mass is 16.6. The van der Waals surface area contributed by atoms with Gasteiger partial charge in [0.2, 0.25) is 0 Å². The van der Waals surface area contributed by atoms with Crippen LogP contribution in [0.1, 0.15) is 36.0 Å². The number of pyridine rings is 1. The predicted molar refractivity (Wildman–Crippen MR) is 88.7 cm³/mol. The summed E-state index contributed by atoms with van der Waals surface area (Å²) in [7, 11) is 0. The molecule has 126 valence electrons. The van der Waals surface area contributed by atoms with Gasteiger partial charge in [-0.25, -0.2) is 0 Å². The van der Waals surface area contributed by atoms with Crippen LogP contribution in [0.15, 0.2) is 30.5 Å². The third-order valence-electron chi connectivity index (χ3n) is 4.49. The molecule has 2 unspecified atom stereocenters. The Morgan fingerprint density at radius 3 is 2.96 bits per heavy atom. The predicted octanol–water partition coefficient (Wildman–Crippen LogP) is 2.42. The minimum absolute atomic E-state index is 0.0648. The summed E-state index contributed by atoms with van der Waals surface area (Å²) in [6.45, 7) is 0.487. The number of non-ortho nitro benzene ring substituents is 1. The summed E-state index contributed by atoms with van der Waals surface area (Å²) in [5.74, 6) is -0.0383. The molecule has 0 spiro atoms. The first kappa shape index (κ1) is 16.3. The van der Waals surface area contributed by atoms with Gasteiger partial charge >= 0.3 is 0 Å². The Morgan fingerprint density at radius 1 is 1.38 bits per heavy atom. The Labute approximate surface area is 138 Å². The minimum Gasteiger partial charge on any atom is -0.393 e. The summed E-state index contributed by atoms with van der Waals surface area (Å²) in [6, 6.07) is 5.98. The van der Waals surface area contributed by atoms with E-state index in [0.717, 1.165) is 19.3 Å². The summed E-state index contributed by atoms with van der Waals surface area (Å²) in [6.07, 6.45) is 4.68. The molecule has 1 fully saturated rings. The van der Waals surface area contributed by atoms with Crippen molar-refractivity contribution in [1.29, 1.82) is 0 Å². The third-order valence-corrected chi connectivity index (χ3v) is 4.49. The number of nitrogens with zero attached hydrogens (tertiary/aromatic N) is 2. The summed E-state index contributed by atoms with van der Waals surface area (Å²) < 4.78 is 0. The van der Waals surface area contributed by atoms with E-state index in [0.29, 0.717) is 29.4 Å². The van der Waals surface area contributed by atoms with Gasteiger partial charge in [0.1, 0.15) is 0 Å². The molecular weight excluding hydrogens is 310 g/mol. The van der Waals surface area contributed by atoms with E-state index in [9.17, 15) is 20.0 Å². The molecule has 2 aromatic rings. The number of hydrogen-bond donors (Lipinski definition) is 2. The fraction of sp³-hybridized carbons (Fsp3) is 0.412. The molecule has 1 saturated carbocycles. The maximum Gasteiger partial charge on any atom is 0.278 e. The van der Waals surface area contributed by atoms with Crippen molar-refractivity contribution in [2.24, 2.45) is 5.92 Å². The molecule has 7 heteroatoms. The lowest BCUT2D eigenvalue weighted by molar-refractivity contribution is -0.383. The standard InChI is InChI=1S/C17H19N3O4/c21-12-4-1-3-11(9-12)10-19-17(22)14-6-7-15(20(23)24)13-5-2-8-18-16(13)14/h2,5-8,11-12,21H,1,3-4,9-10H2,(H,19,22). The zero-order chi connectivity index (χ0) is 17.1. The van der Waals surface area contributed by atoms with Crippen LogP contribution >= 0.6 is 0 Å². The number of benzene rings is 1. The summed E-state index contributed by atoms with van der Waals surface area (Å²) >= 11 is 0. The Kier molecular flexibility index (Phi) is 4.71. The second-order valence-corrected chi connectivity index (χ2v) is 6.19. The van der Waals surface area contributed by atoms with Gasteiger partial charge in [-0.3, -0.25) is 19.9 Å². The maximum atomic E-state index is 12.5. The highest BCUT2D eigenvalue weighted by Crippen LogP contribution is 2.27. The highest BCUT2D eigenvalue weighted by Gasteiger charge is 2.22. The molecule has 0 bridgehead atoms. The molecule has 2 atom stereocenters. The largest absolute Gasteiger partial charge is 0.393 e. The van der Waals surface area contributed by atoms with E-state index in [4.69, 9.17) is 0 Å². The van der Waals surface area contributed by atoms with Crippen molar-refractivity contribution >= 4 is 22.5 Å². The Morgan fingerprint density at radius 2 is 2.21 bits per heavy atom. The topological polar surface area (TPSA) is 105 Å². The molecule has 0 aliphatic heterocycles. The fourth-order valence-electron chi connectivity index (χ4n) is 3.28. The summed E-state index contributed by atoms with van der Waals surface area (Å²) in [5, 5.41) is 24.0. The second-order valence-electron chi connectivity index (χ2n) is 6.19. The van der Waals surface area contributed by atoms with Crippen LogP contribution in [0.3, 0.4) is 0 Å². The average Bonchev–Trinajstić information content (AvgIpc) is 2.58. The Hall–Kier alpha value is -2.54. The van der Waals surface area contributed by atoms with Gasteiger partial charge in [-0.1, -0.05) is 6.42 Å². The molecule has 2 N–H and O–H groups in total. The molecule has 0 radical (unpaired) electrons. The van der Waals surface area contributed by atoms with E-state index < -0.39 is 4.92 Å². The molecule has 24 heavy (non-hydrogen) atoms. The summed E-state index contributed by atoms with van der Waals surface area (Å²) in [5.41, 5.74) is 0.588. The van der Waals surface area contributed by atoms with Crippen molar-refractivity contribution in [3.8, 4) is 0 Å². The second kappa shape index (κ2) is 6.92. The average molecular weight is 329 g/mol. The molecule has 3 rings (SSSR count). The number of carbonyl (C=O) groups is 1. The van der Waals surface area contributed by atoms with E-state index >= 15 is 0 Å². The van der Waals surface area contributed by atoms with E-state index in [2.05, 4.69) is 10.3 Å². The first-order chi connectivity index (χ1) is 11.6. The van der Waals surface area contributed by atoms with Gasteiger partial charge in [0.05, 0.1) is 27.5 Å². The van der Waals surface area contributed by atoms with Crippen LogP contribution in [0, 0.1) is 16.0 Å². The molecule has 1 aliphatic carbocycles. The number of carbonyl (C=O) groups excluding carboxylic acids is 1. The van der Waals surface area contributed by atoms with Gasteiger partial charge in [0.15, 0.2) is 0 Å². The molecule has 1 amide bonds. The zero-order valence-corrected chi connectivity index (χ0v) is 13.1. The fourth-order valence-corrected chi connectivity index (χ4v) is 3.28. The number of nitro groups is 1. The number of aliphatic hydroxyl groups excluding tert-OH is 1. The van der Waals surface area contributed by atoms with Crippen LogP contribution in [0.4, 0.5) is 5.69 Å². The van der Waals surface area contributed by atoms with Crippen molar-refractivity contribution in [3.63, 3.8) is 0 Å². The van der Waals surface area contributed by atoms with E-state index in [1.807, 2.05) is 0 Å². The van der Waals surface area contributed by atoms with Crippen molar-refractivity contribution in [1.82, 2.24) is 10.3 Å². The third kappa shape index (κ3) is 3.35. The zero-order valence-electron chi connectivity index (χ0n) is 13.1. The number of rotatable bonds is 4. The van der Waals surface area contributed by atoms with E-state index in [1.54, 1.807) is 12.1 Å². The smallest absolute Gasteiger partial charge is 0.278 e. The van der Waals surface area contributed by atoms with Crippen LogP contribution in [0.25, 0.3) is 10.9 Å². The molecule has 0 saturated heterocycles. The SMILES string of the molecule is O=C(NCC1CCCC(O)C1)c1ccc([N+](=O)[O-])c2cccnc12. The van der Waals surface area contributed by atoms with Gasteiger partial charge in [0.25, 0.3) is 11.6 Å². The quantitative estimate of drug-likeness (QED) is 0.662. The first-order valence-corrected chi connectivity index (χ1v) is 8.04. The first-order valence-electron chi connectivity index (χ1n) is 8.04. The van der Waals surface area contributed by atoms with Crippen LogP contribution in [0.5, 0.6) is 0 Å². The van der Waals surface area contributed by atoms with E-state index in [1.165, 1.54) is 18.3 Å². The molecule has 7 nitrogen and oxygen atoms in total. The highest BCUT2D eigenvalue weighted by molar-refractivity contribution is 6.07. The molecule has 1 aromatic heterocycles. The Bertz CT molecular complexity index is 778. The van der Waals surface area contributed by atoms with Crippen molar-refractivity contribution in [2.45, 2.75) is 31.8 Å². The molecule has 1 aromatic carbocycles.